The van der Waals surface area contributed by atoms with E-state index in [2.05, 4.69) is 84.5 Å². The van der Waals surface area contributed by atoms with Crippen LogP contribution in [0.5, 0.6) is 0 Å². The molecule has 0 saturated heterocycles. The summed E-state index contributed by atoms with van der Waals surface area (Å²) in [5, 5.41) is 0. The van der Waals surface area contributed by atoms with E-state index in [0.29, 0.717) is 0 Å². The van der Waals surface area contributed by atoms with E-state index in [0.717, 1.165) is 33.5 Å². The molecular weight excluding hydrogens is 318 g/mol. The van der Waals surface area contributed by atoms with Gasteiger partial charge in [0.05, 0.1) is 17.2 Å². The molecule has 1 aromatic heterocycles. The Kier molecular flexibility index (Phi) is 4.36. The maximum atomic E-state index is 4.84. The lowest BCUT2D eigenvalue weighted by molar-refractivity contribution is 0.840. The number of benzene rings is 3. The van der Waals surface area contributed by atoms with Crippen LogP contribution in [0.1, 0.15) is 19.7 Å². The first-order valence-electron chi connectivity index (χ1n) is 8.89. The van der Waals surface area contributed by atoms with Gasteiger partial charge in [0.25, 0.3) is 0 Å². The van der Waals surface area contributed by atoms with E-state index in [4.69, 9.17) is 4.98 Å². The second-order valence-corrected chi connectivity index (χ2v) is 6.61. The molecule has 0 unspecified atom stereocenters. The maximum absolute atomic E-state index is 4.84. The van der Waals surface area contributed by atoms with Gasteiger partial charge in [0.15, 0.2) is 0 Å². The first-order chi connectivity index (χ1) is 12.7. The molecule has 4 rings (SSSR count). The first-order valence-corrected chi connectivity index (χ1v) is 8.89. The van der Waals surface area contributed by atoms with Gasteiger partial charge in [-0.15, -0.1) is 0 Å². The summed E-state index contributed by atoms with van der Waals surface area (Å²) in [6.45, 7) is 4.12. The first kappa shape index (κ1) is 16.3. The van der Waals surface area contributed by atoms with Gasteiger partial charge in [-0.3, -0.25) is 4.99 Å². The third-order valence-corrected chi connectivity index (χ3v) is 4.33. The van der Waals surface area contributed by atoms with Gasteiger partial charge in [-0.2, -0.15) is 0 Å². The Labute approximate surface area is 153 Å². The minimum Gasteiger partial charge on any atom is -0.337 e. The molecule has 0 aliphatic carbocycles. The molecule has 1 heterocycles. The van der Waals surface area contributed by atoms with Crippen molar-refractivity contribution >= 4 is 17.2 Å². The van der Waals surface area contributed by atoms with E-state index < -0.39 is 0 Å². The van der Waals surface area contributed by atoms with Gasteiger partial charge in [0.1, 0.15) is 5.82 Å². The summed E-state index contributed by atoms with van der Waals surface area (Å²) in [4.78, 5) is 12.8. The highest BCUT2D eigenvalue weighted by Gasteiger charge is 2.13. The van der Waals surface area contributed by atoms with Crippen LogP contribution in [0.3, 0.4) is 0 Å². The number of rotatable bonds is 4. The van der Waals surface area contributed by atoms with Crippen molar-refractivity contribution in [3.05, 3.63) is 78.6 Å². The van der Waals surface area contributed by atoms with Gasteiger partial charge in [0, 0.05) is 17.2 Å². The smallest absolute Gasteiger partial charge is 0.149 e. The van der Waals surface area contributed by atoms with Crippen molar-refractivity contribution in [3.63, 3.8) is 0 Å². The Balaban J connectivity index is 1.95. The number of aromatic amines is 1. The molecule has 0 spiro atoms. The maximum Gasteiger partial charge on any atom is 0.149 e. The third-order valence-electron chi connectivity index (χ3n) is 4.33. The molecule has 3 nitrogen and oxygen atoms in total. The molecule has 26 heavy (non-hydrogen) atoms. The SMILES string of the molecule is CC(C)N=Cc1nc2c(-c3ccccc3)ccc(-c3ccccc3)c2[nH]1. The van der Waals surface area contributed by atoms with Crippen LogP contribution in [-0.2, 0) is 0 Å². The summed E-state index contributed by atoms with van der Waals surface area (Å²) in [5.74, 6) is 0.786. The number of hydrogen-bond acceptors (Lipinski definition) is 2. The largest absolute Gasteiger partial charge is 0.337 e. The van der Waals surface area contributed by atoms with E-state index in [1.807, 2.05) is 18.3 Å². The van der Waals surface area contributed by atoms with E-state index in [1.54, 1.807) is 0 Å². The fourth-order valence-corrected chi connectivity index (χ4v) is 3.10. The third kappa shape index (κ3) is 3.16. The van der Waals surface area contributed by atoms with Crippen LogP contribution in [-0.4, -0.2) is 22.2 Å². The lowest BCUT2D eigenvalue weighted by atomic mass is 9.98. The minimum absolute atomic E-state index is 0.241. The molecule has 1 N–H and O–H groups in total. The van der Waals surface area contributed by atoms with Crippen molar-refractivity contribution in [2.75, 3.05) is 0 Å². The summed E-state index contributed by atoms with van der Waals surface area (Å²) in [6, 6.07) is 25.3. The number of hydrogen-bond donors (Lipinski definition) is 1. The second kappa shape index (κ2) is 6.96. The van der Waals surface area contributed by atoms with Gasteiger partial charge in [-0.25, -0.2) is 4.98 Å². The van der Waals surface area contributed by atoms with Crippen LogP contribution in [0.2, 0.25) is 0 Å². The summed E-state index contributed by atoms with van der Waals surface area (Å²) < 4.78 is 0. The molecule has 0 bridgehead atoms. The Morgan fingerprint density at radius 1 is 0.808 bits per heavy atom. The van der Waals surface area contributed by atoms with Crippen molar-refractivity contribution < 1.29 is 0 Å². The van der Waals surface area contributed by atoms with Crippen molar-refractivity contribution in [2.24, 2.45) is 4.99 Å². The highest BCUT2D eigenvalue weighted by molar-refractivity contribution is 6.02. The summed E-state index contributed by atoms with van der Waals surface area (Å²) in [6.07, 6.45) is 1.83. The molecular formula is C23H21N3. The quantitative estimate of drug-likeness (QED) is 0.474. The zero-order valence-electron chi connectivity index (χ0n) is 15.0. The standard InChI is InChI=1S/C23H21N3/c1-16(2)24-15-21-25-22-19(17-9-5-3-6-10-17)13-14-20(23(22)26-21)18-11-7-4-8-12-18/h3-16H,1-2H3,(H,25,26). The van der Waals surface area contributed by atoms with Gasteiger partial charge in [-0.05, 0) is 25.0 Å². The van der Waals surface area contributed by atoms with Crippen LogP contribution in [0.15, 0.2) is 77.8 Å². The molecule has 0 atom stereocenters. The highest BCUT2D eigenvalue weighted by atomic mass is 14.9. The molecule has 3 aromatic carbocycles. The van der Waals surface area contributed by atoms with Crippen LogP contribution in [0.25, 0.3) is 33.3 Å². The lowest BCUT2D eigenvalue weighted by Gasteiger charge is -2.07. The van der Waals surface area contributed by atoms with Gasteiger partial charge in [-0.1, -0.05) is 72.8 Å². The van der Waals surface area contributed by atoms with Crippen LogP contribution >= 0.6 is 0 Å². The second-order valence-electron chi connectivity index (χ2n) is 6.61. The number of aromatic nitrogens is 2. The van der Waals surface area contributed by atoms with Crippen molar-refractivity contribution in [2.45, 2.75) is 19.9 Å². The molecule has 0 amide bonds. The predicted octanol–water partition coefficient (Wildman–Crippen LogP) is 5.72. The Bertz CT molecular complexity index is 968. The monoisotopic (exact) mass is 339 g/mol. The molecule has 3 heteroatoms. The van der Waals surface area contributed by atoms with Crippen LogP contribution < -0.4 is 0 Å². The van der Waals surface area contributed by atoms with Gasteiger partial charge >= 0.3 is 0 Å². The van der Waals surface area contributed by atoms with Crippen molar-refractivity contribution in [1.82, 2.24) is 9.97 Å². The summed E-state index contributed by atoms with van der Waals surface area (Å²) >= 11 is 0. The topological polar surface area (TPSA) is 41.0 Å². The number of nitrogens with zero attached hydrogens (tertiary/aromatic N) is 2. The number of H-pyrrole nitrogens is 1. The van der Waals surface area contributed by atoms with Crippen LogP contribution in [0, 0.1) is 0 Å². The number of nitrogens with one attached hydrogen (secondary N) is 1. The number of fused-ring (bicyclic) bond motifs is 1. The molecule has 4 aromatic rings. The molecule has 0 saturated carbocycles. The fourth-order valence-electron chi connectivity index (χ4n) is 3.10. The summed E-state index contributed by atoms with van der Waals surface area (Å²) in [5.41, 5.74) is 6.63. The van der Waals surface area contributed by atoms with Crippen molar-refractivity contribution in [1.29, 1.82) is 0 Å². The van der Waals surface area contributed by atoms with Gasteiger partial charge in [0.2, 0.25) is 0 Å². The Morgan fingerprint density at radius 3 is 2.00 bits per heavy atom. The van der Waals surface area contributed by atoms with E-state index >= 15 is 0 Å². The van der Waals surface area contributed by atoms with Crippen molar-refractivity contribution in [3.8, 4) is 22.3 Å². The normalized spacial score (nSPS) is 11.7. The fraction of sp³-hybridized carbons (Fsp3) is 0.130. The summed E-state index contributed by atoms with van der Waals surface area (Å²) in [7, 11) is 0. The molecule has 0 aliphatic rings. The number of imidazole rings is 1. The average Bonchev–Trinajstić information content (AvgIpc) is 3.11. The molecule has 0 radical (unpaired) electrons. The Morgan fingerprint density at radius 2 is 1.38 bits per heavy atom. The molecule has 128 valence electrons. The van der Waals surface area contributed by atoms with Gasteiger partial charge < -0.3 is 4.98 Å². The van der Waals surface area contributed by atoms with Crippen LogP contribution in [0.4, 0.5) is 0 Å². The predicted molar refractivity (Wildman–Crippen MR) is 110 cm³/mol. The van der Waals surface area contributed by atoms with E-state index in [1.165, 1.54) is 5.56 Å². The molecule has 0 fully saturated rings. The molecule has 0 aliphatic heterocycles. The van der Waals surface area contributed by atoms with E-state index in [9.17, 15) is 0 Å². The van der Waals surface area contributed by atoms with E-state index in [-0.39, 0.29) is 6.04 Å². The zero-order valence-corrected chi connectivity index (χ0v) is 15.0. The minimum atomic E-state index is 0.241. The highest BCUT2D eigenvalue weighted by Crippen LogP contribution is 2.34. The Hall–Kier alpha value is -3.20. The average molecular weight is 339 g/mol. The zero-order chi connectivity index (χ0) is 17.9. The lowest BCUT2D eigenvalue weighted by Crippen LogP contribution is -1.91. The number of aliphatic imine (C=N–C) groups is 1.